The molecule has 0 radical (unpaired) electrons. The van der Waals surface area contributed by atoms with Crippen LogP contribution in [-0.4, -0.2) is 52.8 Å². The molecule has 2 N–H and O–H groups in total. The van der Waals surface area contributed by atoms with Gasteiger partial charge in [0.25, 0.3) is 0 Å². The van der Waals surface area contributed by atoms with Gasteiger partial charge in [0.1, 0.15) is 5.60 Å². The van der Waals surface area contributed by atoms with E-state index in [4.69, 9.17) is 10.00 Å². The van der Waals surface area contributed by atoms with E-state index in [1.54, 1.807) is 20.8 Å². The second kappa shape index (κ2) is 6.75. The molecule has 1 aliphatic heterocycles. The first-order valence-corrected chi connectivity index (χ1v) is 7.77. The number of alkyl carbamates (subject to hydrolysis) is 1. The second-order valence-electron chi connectivity index (χ2n) is 7.79. The molecule has 7 nitrogen and oxygen atoms in total. The Labute approximate surface area is 137 Å². The summed E-state index contributed by atoms with van der Waals surface area (Å²) in [5, 5.41) is 21.1. The SMILES string of the molecule is CC(C)(C#N)CCN1CCC(NC(=O)OC(C)(C)C)(C(=O)O)C1. The third-order valence-electron chi connectivity index (χ3n) is 3.85. The van der Waals surface area contributed by atoms with Gasteiger partial charge in [-0.25, -0.2) is 9.59 Å². The number of rotatable bonds is 5. The summed E-state index contributed by atoms with van der Waals surface area (Å²) in [7, 11) is 0. The number of hydrogen-bond acceptors (Lipinski definition) is 5. The van der Waals surface area contributed by atoms with Crippen molar-refractivity contribution in [2.75, 3.05) is 19.6 Å². The van der Waals surface area contributed by atoms with E-state index in [1.807, 2.05) is 18.7 Å². The van der Waals surface area contributed by atoms with Crippen LogP contribution >= 0.6 is 0 Å². The Morgan fingerprint density at radius 2 is 1.96 bits per heavy atom. The number of carbonyl (C=O) groups is 2. The summed E-state index contributed by atoms with van der Waals surface area (Å²) in [6.45, 7) is 10.3. The Kier molecular flexibility index (Phi) is 5.65. The molecule has 0 spiro atoms. The molecule has 23 heavy (non-hydrogen) atoms. The average molecular weight is 325 g/mol. The summed E-state index contributed by atoms with van der Waals surface area (Å²) < 4.78 is 5.17. The average Bonchev–Trinajstić information content (AvgIpc) is 2.79. The van der Waals surface area contributed by atoms with Crippen molar-refractivity contribution in [3.05, 3.63) is 0 Å². The van der Waals surface area contributed by atoms with Gasteiger partial charge < -0.3 is 20.1 Å². The lowest BCUT2D eigenvalue weighted by molar-refractivity contribution is -0.144. The lowest BCUT2D eigenvalue weighted by Gasteiger charge is -2.28. The summed E-state index contributed by atoms with van der Waals surface area (Å²) in [6, 6.07) is 2.23. The van der Waals surface area contributed by atoms with E-state index >= 15 is 0 Å². The zero-order chi connectivity index (χ0) is 17.9. The number of ether oxygens (including phenoxy) is 1. The number of nitriles is 1. The van der Waals surface area contributed by atoms with Crippen molar-refractivity contribution in [3.63, 3.8) is 0 Å². The summed E-state index contributed by atoms with van der Waals surface area (Å²) in [4.78, 5) is 25.6. The number of hydrogen-bond donors (Lipinski definition) is 2. The number of nitrogens with one attached hydrogen (secondary N) is 1. The van der Waals surface area contributed by atoms with E-state index in [9.17, 15) is 14.7 Å². The van der Waals surface area contributed by atoms with Gasteiger partial charge in [0, 0.05) is 13.1 Å². The topological polar surface area (TPSA) is 103 Å². The van der Waals surface area contributed by atoms with E-state index in [2.05, 4.69) is 11.4 Å². The molecule has 7 heteroatoms. The highest BCUT2D eigenvalue weighted by atomic mass is 16.6. The third kappa shape index (κ3) is 5.71. The number of carbonyl (C=O) groups excluding carboxylic acids is 1. The molecule has 0 aromatic carbocycles. The van der Waals surface area contributed by atoms with E-state index in [0.717, 1.165) is 0 Å². The van der Waals surface area contributed by atoms with E-state index < -0.39 is 28.6 Å². The van der Waals surface area contributed by atoms with Gasteiger partial charge in [0.2, 0.25) is 0 Å². The van der Waals surface area contributed by atoms with E-state index in [1.165, 1.54) is 0 Å². The van der Waals surface area contributed by atoms with Crippen LogP contribution in [0.3, 0.4) is 0 Å². The van der Waals surface area contributed by atoms with Gasteiger partial charge in [-0.05, 0) is 54.0 Å². The summed E-state index contributed by atoms with van der Waals surface area (Å²) in [5.74, 6) is -1.06. The van der Waals surface area contributed by atoms with Gasteiger partial charge in [0.15, 0.2) is 5.54 Å². The van der Waals surface area contributed by atoms with Crippen LogP contribution in [0.1, 0.15) is 47.5 Å². The molecule has 1 saturated heterocycles. The van der Waals surface area contributed by atoms with Crippen LogP contribution in [-0.2, 0) is 9.53 Å². The molecule has 1 unspecified atom stereocenters. The normalized spacial score (nSPS) is 22.4. The molecule has 1 aliphatic rings. The number of aliphatic carboxylic acids is 1. The number of carboxylic acid groups (broad SMARTS) is 1. The smallest absolute Gasteiger partial charge is 0.408 e. The predicted octanol–water partition coefficient (Wildman–Crippen LogP) is 1.98. The second-order valence-corrected chi connectivity index (χ2v) is 7.79. The monoisotopic (exact) mass is 325 g/mol. The van der Waals surface area contributed by atoms with Crippen LogP contribution in [0, 0.1) is 16.7 Å². The molecule has 0 aliphatic carbocycles. The fourth-order valence-electron chi connectivity index (χ4n) is 2.40. The van der Waals surface area contributed by atoms with Crippen LogP contribution in [0.5, 0.6) is 0 Å². The first-order valence-electron chi connectivity index (χ1n) is 7.77. The highest BCUT2D eigenvalue weighted by Gasteiger charge is 2.47. The predicted molar refractivity (Wildman–Crippen MR) is 84.8 cm³/mol. The van der Waals surface area contributed by atoms with Crippen LogP contribution in [0.25, 0.3) is 0 Å². The van der Waals surface area contributed by atoms with Gasteiger partial charge in [-0.3, -0.25) is 0 Å². The Balaban J connectivity index is 2.69. The Morgan fingerprint density at radius 3 is 2.43 bits per heavy atom. The molecule has 1 rings (SSSR count). The maximum Gasteiger partial charge on any atom is 0.408 e. The maximum atomic E-state index is 11.9. The minimum atomic E-state index is -1.33. The standard InChI is InChI=1S/C16H27N3O4/c1-14(2,3)23-13(22)18-16(12(20)21)7-9-19(11-16)8-6-15(4,5)10-17/h6-9,11H2,1-5H3,(H,18,22)(H,20,21). The van der Waals surface area contributed by atoms with Crippen LogP contribution in [0.2, 0.25) is 0 Å². The molecule has 0 saturated carbocycles. The Hall–Kier alpha value is -1.81. The summed E-state index contributed by atoms with van der Waals surface area (Å²) in [5.41, 5.74) is -2.47. The third-order valence-corrected chi connectivity index (χ3v) is 3.85. The molecule has 1 heterocycles. The van der Waals surface area contributed by atoms with Gasteiger partial charge in [0.05, 0.1) is 11.5 Å². The number of carboxylic acids is 1. The Morgan fingerprint density at radius 1 is 1.35 bits per heavy atom. The van der Waals surface area contributed by atoms with Crippen molar-refractivity contribution >= 4 is 12.1 Å². The molecular formula is C16H27N3O4. The van der Waals surface area contributed by atoms with Gasteiger partial charge in [-0.2, -0.15) is 5.26 Å². The first kappa shape index (κ1) is 19.2. The van der Waals surface area contributed by atoms with Crippen molar-refractivity contribution < 1.29 is 19.4 Å². The van der Waals surface area contributed by atoms with Crippen LogP contribution in [0.4, 0.5) is 4.79 Å². The zero-order valence-electron chi connectivity index (χ0n) is 14.6. The van der Waals surface area contributed by atoms with Gasteiger partial charge in [-0.15, -0.1) is 0 Å². The van der Waals surface area contributed by atoms with Gasteiger partial charge >= 0.3 is 12.1 Å². The summed E-state index contributed by atoms with van der Waals surface area (Å²) >= 11 is 0. The highest BCUT2D eigenvalue weighted by molar-refractivity contribution is 5.85. The molecule has 0 bridgehead atoms. The lowest BCUT2D eigenvalue weighted by Crippen LogP contribution is -2.57. The van der Waals surface area contributed by atoms with Crippen molar-refractivity contribution in [2.24, 2.45) is 5.41 Å². The molecule has 1 fully saturated rings. The van der Waals surface area contributed by atoms with Crippen LogP contribution in [0.15, 0.2) is 0 Å². The fraction of sp³-hybridized carbons (Fsp3) is 0.812. The Bertz CT molecular complexity index is 504. The first-order chi connectivity index (χ1) is 10.4. The quantitative estimate of drug-likeness (QED) is 0.801. The van der Waals surface area contributed by atoms with Crippen molar-refractivity contribution in [2.45, 2.75) is 58.6 Å². The van der Waals surface area contributed by atoms with Crippen molar-refractivity contribution in [1.82, 2.24) is 10.2 Å². The highest BCUT2D eigenvalue weighted by Crippen LogP contribution is 2.26. The molecule has 0 aromatic heterocycles. The lowest BCUT2D eigenvalue weighted by atomic mass is 9.91. The summed E-state index contributed by atoms with van der Waals surface area (Å²) in [6.07, 6.45) is 0.235. The van der Waals surface area contributed by atoms with Crippen molar-refractivity contribution in [1.29, 1.82) is 5.26 Å². The zero-order valence-corrected chi connectivity index (χ0v) is 14.6. The molecule has 1 amide bonds. The number of likely N-dealkylation sites (tertiary alicyclic amines) is 1. The minimum absolute atomic E-state index is 0.211. The molecule has 0 aromatic rings. The molecule has 130 valence electrons. The molecular weight excluding hydrogens is 298 g/mol. The maximum absolute atomic E-state index is 11.9. The number of nitrogens with zero attached hydrogens (tertiary/aromatic N) is 2. The van der Waals surface area contributed by atoms with Gasteiger partial charge in [-0.1, -0.05) is 0 Å². The minimum Gasteiger partial charge on any atom is -0.479 e. The van der Waals surface area contributed by atoms with Crippen LogP contribution < -0.4 is 5.32 Å². The van der Waals surface area contributed by atoms with E-state index in [0.29, 0.717) is 25.9 Å². The van der Waals surface area contributed by atoms with E-state index in [-0.39, 0.29) is 6.54 Å². The fourth-order valence-corrected chi connectivity index (χ4v) is 2.40. The van der Waals surface area contributed by atoms with Crippen molar-refractivity contribution in [3.8, 4) is 6.07 Å². The number of amides is 1. The largest absolute Gasteiger partial charge is 0.479 e. The molecule has 1 atom stereocenters.